The number of hydrogen-bond acceptors (Lipinski definition) is 6. The van der Waals surface area contributed by atoms with Gasteiger partial charge in [-0.15, -0.1) is 0 Å². The van der Waals surface area contributed by atoms with Gasteiger partial charge in [0.1, 0.15) is 0 Å². The number of amidine groups is 1. The summed E-state index contributed by atoms with van der Waals surface area (Å²) in [6.07, 6.45) is 1.71. The number of nitrogens with one attached hydrogen (secondary N) is 1. The van der Waals surface area contributed by atoms with Gasteiger partial charge in [0, 0.05) is 19.8 Å². The Morgan fingerprint density at radius 1 is 1.30 bits per heavy atom. The van der Waals surface area contributed by atoms with E-state index in [0.717, 1.165) is 0 Å². The van der Waals surface area contributed by atoms with Gasteiger partial charge in [0.15, 0.2) is 23.3 Å². The highest BCUT2D eigenvalue weighted by molar-refractivity contribution is 8.18. The molecule has 7 nitrogen and oxygen atoms in total. The maximum absolute atomic E-state index is 12.3. The van der Waals surface area contributed by atoms with Crippen LogP contribution in [0.3, 0.4) is 0 Å². The SMILES string of the molecule is CN=C1S/C(=C\c2cc(Cl)c(OCC(=O)Nc3ccccc3)c(OC)c2)C(=O)N1C. The van der Waals surface area contributed by atoms with Gasteiger partial charge in [0.2, 0.25) is 0 Å². The predicted octanol–water partition coefficient (Wildman–Crippen LogP) is 3.90. The summed E-state index contributed by atoms with van der Waals surface area (Å²) < 4.78 is 11.0. The summed E-state index contributed by atoms with van der Waals surface area (Å²) in [6.45, 7) is -0.235. The standard InChI is InChI=1S/C21H20ClN3O4S/c1-23-21-25(2)20(27)17(30-21)11-13-9-15(22)19(16(10-13)28-3)29-12-18(26)24-14-7-5-4-6-8-14/h4-11H,12H2,1-3H3,(H,24,26)/b17-11-,23-21?. The number of halogens is 1. The van der Waals surface area contributed by atoms with E-state index in [4.69, 9.17) is 21.1 Å². The molecule has 30 heavy (non-hydrogen) atoms. The van der Waals surface area contributed by atoms with Crippen LogP contribution in [0, 0.1) is 0 Å². The Kier molecular flexibility index (Phi) is 7.02. The number of methoxy groups -OCH3 is 1. The van der Waals surface area contributed by atoms with Crippen LogP contribution in [0.2, 0.25) is 5.02 Å². The summed E-state index contributed by atoms with van der Waals surface area (Å²) in [5, 5.41) is 3.62. The van der Waals surface area contributed by atoms with Gasteiger partial charge in [-0.3, -0.25) is 19.5 Å². The van der Waals surface area contributed by atoms with E-state index >= 15 is 0 Å². The highest BCUT2D eigenvalue weighted by Gasteiger charge is 2.29. The van der Waals surface area contributed by atoms with Crippen molar-refractivity contribution in [2.24, 2.45) is 4.99 Å². The van der Waals surface area contributed by atoms with Crippen molar-refractivity contribution >= 4 is 52.1 Å². The van der Waals surface area contributed by atoms with Crippen LogP contribution >= 0.6 is 23.4 Å². The van der Waals surface area contributed by atoms with Crippen LogP contribution in [0.25, 0.3) is 6.08 Å². The molecular weight excluding hydrogens is 426 g/mol. The molecule has 1 aliphatic rings. The summed E-state index contributed by atoms with van der Waals surface area (Å²) in [7, 11) is 4.78. The quantitative estimate of drug-likeness (QED) is 0.682. The smallest absolute Gasteiger partial charge is 0.266 e. The van der Waals surface area contributed by atoms with E-state index in [1.54, 1.807) is 44.4 Å². The molecule has 0 bridgehead atoms. The summed E-state index contributed by atoms with van der Waals surface area (Å²) in [4.78, 5) is 30.6. The van der Waals surface area contributed by atoms with Crippen LogP contribution in [0.15, 0.2) is 52.4 Å². The third-order valence-corrected chi connectivity index (χ3v) is 5.58. The average molecular weight is 446 g/mol. The monoisotopic (exact) mass is 445 g/mol. The second kappa shape index (κ2) is 9.69. The fraction of sp³-hybridized carbons (Fsp3) is 0.190. The molecule has 1 saturated heterocycles. The summed E-state index contributed by atoms with van der Waals surface area (Å²) in [5.41, 5.74) is 1.34. The summed E-state index contributed by atoms with van der Waals surface area (Å²) in [6, 6.07) is 12.4. The summed E-state index contributed by atoms with van der Waals surface area (Å²) in [5.74, 6) is 0.138. The highest BCUT2D eigenvalue weighted by atomic mass is 35.5. The summed E-state index contributed by atoms with van der Waals surface area (Å²) >= 11 is 7.65. The topological polar surface area (TPSA) is 80.2 Å². The fourth-order valence-corrected chi connectivity index (χ4v) is 3.92. The van der Waals surface area contributed by atoms with Crippen molar-refractivity contribution in [1.29, 1.82) is 0 Å². The first-order valence-electron chi connectivity index (χ1n) is 8.92. The normalized spacial score (nSPS) is 16.3. The van der Waals surface area contributed by atoms with Crippen molar-refractivity contribution in [1.82, 2.24) is 4.90 Å². The Bertz CT molecular complexity index is 1020. The van der Waals surface area contributed by atoms with Gasteiger partial charge < -0.3 is 14.8 Å². The minimum atomic E-state index is -0.326. The second-order valence-electron chi connectivity index (χ2n) is 6.22. The molecule has 0 saturated carbocycles. The van der Waals surface area contributed by atoms with Crippen LogP contribution in [0.5, 0.6) is 11.5 Å². The molecule has 156 valence electrons. The van der Waals surface area contributed by atoms with Gasteiger partial charge in [-0.2, -0.15) is 0 Å². The lowest BCUT2D eigenvalue weighted by atomic mass is 10.2. The number of aliphatic imine (C=N–C) groups is 1. The highest BCUT2D eigenvalue weighted by Crippen LogP contribution is 2.38. The van der Waals surface area contributed by atoms with Gasteiger partial charge in [-0.1, -0.05) is 29.8 Å². The van der Waals surface area contributed by atoms with E-state index in [0.29, 0.717) is 27.1 Å². The largest absolute Gasteiger partial charge is 0.493 e. The van der Waals surface area contributed by atoms with Crippen molar-refractivity contribution in [3.05, 3.63) is 58.0 Å². The molecule has 0 atom stereocenters. The molecule has 0 aliphatic carbocycles. The average Bonchev–Trinajstić information content (AvgIpc) is 3.01. The minimum Gasteiger partial charge on any atom is -0.493 e. The molecule has 0 unspecified atom stereocenters. The number of carbonyl (C=O) groups excluding carboxylic acids is 2. The lowest BCUT2D eigenvalue weighted by Crippen LogP contribution is -2.23. The number of ether oxygens (including phenoxy) is 2. The van der Waals surface area contributed by atoms with Crippen LogP contribution in [0.1, 0.15) is 5.56 Å². The van der Waals surface area contributed by atoms with Crippen molar-refractivity contribution in [2.45, 2.75) is 0 Å². The number of likely N-dealkylation sites (N-methyl/N-ethyl adjacent to an activating group) is 1. The van der Waals surface area contributed by atoms with E-state index in [2.05, 4.69) is 10.3 Å². The number of thioether (sulfide) groups is 1. The number of amides is 2. The number of hydrogen-bond donors (Lipinski definition) is 1. The van der Waals surface area contributed by atoms with Gasteiger partial charge in [0.05, 0.1) is 17.0 Å². The first-order valence-corrected chi connectivity index (χ1v) is 10.1. The molecule has 0 spiro atoms. The molecule has 9 heteroatoms. The van der Waals surface area contributed by atoms with Crippen molar-refractivity contribution in [3.63, 3.8) is 0 Å². The van der Waals surface area contributed by atoms with Crippen LogP contribution in [-0.4, -0.2) is 49.7 Å². The third-order valence-electron chi connectivity index (χ3n) is 4.15. The minimum absolute atomic E-state index is 0.145. The fourth-order valence-electron chi connectivity index (χ4n) is 2.72. The molecule has 0 radical (unpaired) electrons. The van der Waals surface area contributed by atoms with Crippen molar-refractivity contribution in [2.75, 3.05) is 33.1 Å². The van der Waals surface area contributed by atoms with E-state index in [1.165, 1.54) is 23.8 Å². The molecule has 1 N–H and O–H groups in total. The Balaban J connectivity index is 1.75. The predicted molar refractivity (Wildman–Crippen MR) is 120 cm³/mol. The zero-order chi connectivity index (χ0) is 21.7. The third kappa shape index (κ3) is 4.95. The maximum atomic E-state index is 12.3. The molecule has 1 fully saturated rings. The number of benzene rings is 2. The number of anilines is 1. The van der Waals surface area contributed by atoms with Crippen molar-refractivity contribution < 1.29 is 19.1 Å². The number of nitrogens with zero attached hydrogens (tertiary/aromatic N) is 2. The lowest BCUT2D eigenvalue weighted by Gasteiger charge is -2.13. The number of para-hydroxylation sites is 1. The molecular formula is C21H20ClN3O4S. The van der Waals surface area contributed by atoms with Crippen LogP contribution in [0.4, 0.5) is 5.69 Å². The molecule has 2 amide bonds. The maximum Gasteiger partial charge on any atom is 0.266 e. The van der Waals surface area contributed by atoms with E-state index in [9.17, 15) is 9.59 Å². The first-order chi connectivity index (χ1) is 14.4. The lowest BCUT2D eigenvalue weighted by molar-refractivity contribution is -0.121. The Hall–Kier alpha value is -2.97. The van der Waals surface area contributed by atoms with Crippen LogP contribution in [-0.2, 0) is 9.59 Å². The molecule has 1 heterocycles. The molecule has 2 aromatic carbocycles. The number of carbonyl (C=O) groups is 2. The van der Waals surface area contributed by atoms with Gasteiger partial charge in [-0.25, -0.2) is 0 Å². The Morgan fingerprint density at radius 3 is 2.67 bits per heavy atom. The second-order valence-corrected chi connectivity index (χ2v) is 7.63. The molecule has 2 aromatic rings. The molecule has 1 aliphatic heterocycles. The van der Waals surface area contributed by atoms with Crippen LogP contribution < -0.4 is 14.8 Å². The molecule has 0 aromatic heterocycles. The van der Waals surface area contributed by atoms with E-state index < -0.39 is 0 Å². The van der Waals surface area contributed by atoms with Gasteiger partial charge in [0.25, 0.3) is 11.8 Å². The van der Waals surface area contributed by atoms with Gasteiger partial charge >= 0.3 is 0 Å². The van der Waals surface area contributed by atoms with E-state index in [-0.39, 0.29) is 29.2 Å². The van der Waals surface area contributed by atoms with E-state index in [1.807, 2.05) is 18.2 Å². The molecule has 3 rings (SSSR count). The van der Waals surface area contributed by atoms with Gasteiger partial charge in [-0.05, 0) is 47.7 Å². The number of rotatable bonds is 6. The zero-order valence-electron chi connectivity index (χ0n) is 16.6. The first kappa shape index (κ1) is 21.7. The Labute approximate surface area is 183 Å². The van der Waals surface area contributed by atoms with Crippen molar-refractivity contribution in [3.8, 4) is 11.5 Å². The Morgan fingerprint density at radius 2 is 2.03 bits per heavy atom. The zero-order valence-corrected chi connectivity index (χ0v) is 18.2.